The first-order valence-electron chi connectivity index (χ1n) is 6.52. The molecule has 1 aromatic carbocycles. The fourth-order valence-electron chi connectivity index (χ4n) is 2.47. The highest BCUT2D eigenvalue weighted by Crippen LogP contribution is 2.35. The largest absolute Gasteiger partial charge is 0.380 e. The highest BCUT2D eigenvalue weighted by molar-refractivity contribution is 5.94. The van der Waals surface area contributed by atoms with E-state index in [1.54, 1.807) is 6.07 Å². The Morgan fingerprint density at radius 3 is 2.89 bits per heavy atom. The van der Waals surface area contributed by atoms with Gasteiger partial charge in [-0.1, -0.05) is 0 Å². The number of carbonyl (C=O) groups excluding carboxylic acids is 1. The molecule has 4 heteroatoms. The lowest BCUT2D eigenvalue weighted by atomic mass is 10.0. The van der Waals surface area contributed by atoms with E-state index in [2.05, 4.69) is 17.6 Å². The molecule has 2 aliphatic rings. The van der Waals surface area contributed by atoms with Crippen LogP contribution in [0.15, 0.2) is 12.1 Å². The maximum Gasteiger partial charge on any atom is 0.224 e. The van der Waals surface area contributed by atoms with E-state index >= 15 is 0 Å². The number of anilines is 2. The summed E-state index contributed by atoms with van der Waals surface area (Å²) in [6.07, 6.45) is 3.50. The molecule has 1 unspecified atom stereocenters. The molecule has 18 heavy (non-hydrogen) atoms. The molecule has 3 nitrogen and oxygen atoms in total. The molecule has 1 amide bonds. The lowest BCUT2D eigenvalue weighted by molar-refractivity contribution is -0.116. The Hall–Kier alpha value is -1.58. The highest BCUT2D eigenvalue weighted by Gasteiger charge is 2.28. The average molecular weight is 248 g/mol. The molecule has 2 N–H and O–H groups in total. The number of fused-ring (bicyclic) bond motifs is 1. The van der Waals surface area contributed by atoms with Crippen LogP contribution in [0.1, 0.15) is 31.7 Å². The number of halogens is 1. The van der Waals surface area contributed by atoms with E-state index in [0.29, 0.717) is 24.4 Å². The van der Waals surface area contributed by atoms with Crippen LogP contribution in [-0.4, -0.2) is 11.9 Å². The van der Waals surface area contributed by atoms with Gasteiger partial charge < -0.3 is 10.6 Å². The first kappa shape index (κ1) is 11.5. The number of hydrogen-bond donors (Lipinski definition) is 2. The molecule has 0 bridgehead atoms. The van der Waals surface area contributed by atoms with Crippen LogP contribution in [0.5, 0.6) is 0 Å². The van der Waals surface area contributed by atoms with Gasteiger partial charge in [0, 0.05) is 18.2 Å². The van der Waals surface area contributed by atoms with Gasteiger partial charge in [0.1, 0.15) is 5.82 Å². The molecule has 0 spiro atoms. The summed E-state index contributed by atoms with van der Waals surface area (Å²) in [5.74, 6) is 0.447. The van der Waals surface area contributed by atoms with Crippen LogP contribution in [0.2, 0.25) is 0 Å². The fourth-order valence-corrected chi connectivity index (χ4v) is 2.47. The van der Waals surface area contributed by atoms with Crippen molar-refractivity contribution in [2.24, 2.45) is 5.92 Å². The molecule has 0 aromatic heterocycles. The van der Waals surface area contributed by atoms with Crippen LogP contribution >= 0.6 is 0 Å². The Bertz CT molecular complexity index is 497. The van der Waals surface area contributed by atoms with Crippen molar-refractivity contribution in [2.45, 2.75) is 38.6 Å². The zero-order chi connectivity index (χ0) is 12.7. The van der Waals surface area contributed by atoms with Gasteiger partial charge in [-0.2, -0.15) is 0 Å². The van der Waals surface area contributed by atoms with Gasteiger partial charge in [-0.05, 0) is 49.8 Å². The zero-order valence-corrected chi connectivity index (χ0v) is 10.4. The number of aryl methyl sites for hydroxylation is 1. The maximum atomic E-state index is 13.9. The van der Waals surface area contributed by atoms with Gasteiger partial charge in [0.15, 0.2) is 0 Å². The average Bonchev–Trinajstić information content (AvgIpc) is 3.14. The van der Waals surface area contributed by atoms with E-state index in [1.165, 1.54) is 18.9 Å². The second kappa shape index (κ2) is 4.26. The topological polar surface area (TPSA) is 41.1 Å². The molecule has 1 aromatic rings. The van der Waals surface area contributed by atoms with E-state index in [-0.39, 0.29) is 17.8 Å². The normalized spacial score (nSPS) is 20.0. The van der Waals surface area contributed by atoms with E-state index in [9.17, 15) is 9.18 Å². The fraction of sp³-hybridized carbons (Fsp3) is 0.500. The van der Waals surface area contributed by atoms with Crippen molar-refractivity contribution in [1.29, 1.82) is 0 Å². The van der Waals surface area contributed by atoms with Crippen molar-refractivity contribution in [1.82, 2.24) is 0 Å². The Kier molecular flexibility index (Phi) is 2.73. The molecule has 1 fully saturated rings. The summed E-state index contributed by atoms with van der Waals surface area (Å²) in [6, 6.07) is 3.55. The second-order valence-corrected chi connectivity index (χ2v) is 5.31. The summed E-state index contributed by atoms with van der Waals surface area (Å²) >= 11 is 0. The molecule has 1 saturated carbocycles. The van der Waals surface area contributed by atoms with Crippen molar-refractivity contribution < 1.29 is 9.18 Å². The zero-order valence-electron chi connectivity index (χ0n) is 10.4. The summed E-state index contributed by atoms with van der Waals surface area (Å²) in [7, 11) is 0. The minimum atomic E-state index is -0.225. The van der Waals surface area contributed by atoms with Crippen molar-refractivity contribution in [2.75, 3.05) is 10.6 Å². The Morgan fingerprint density at radius 2 is 2.17 bits per heavy atom. The molecule has 1 aliphatic heterocycles. The van der Waals surface area contributed by atoms with Crippen LogP contribution in [0.3, 0.4) is 0 Å². The van der Waals surface area contributed by atoms with Gasteiger partial charge in [-0.3, -0.25) is 4.79 Å². The molecule has 0 radical (unpaired) electrons. The third-order valence-electron chi connectivity index (χ3n) is 3.80. The maximum absolute atomic E-state index is 13.9. The van der Waals surface area contributed by atoms with Crippen molar-refractivity contribution >= 4 is 17.3 Å². The van der Waals surface area contributed by atoms with Crippen LogP contribution in [0.4, 0.5) is 15.8 Å². The number of carbonyl (C=O) groups is 1. The highest BCUT2D eigenvalue weighted by atomic mass is 19.1. The number of hydrogen-bond acceptors (Lipinski definition) is 2. The van der Waals surface area contributed by atoms with Gasteiger partial charge in [-0.15, -0.1) is 0 Å². The summed E-state index contributed by atoms with van der Waals surface area (Å²) in [5.41, 5.74) is 2.13. The Labute approximate surface area is 106 Å². The second-order valence-electron chi connectivity index (χ2n) is 5.31. The molecule has 1 aliphatic carbocycles. The van der Waals surface area contributed by atoms with Crippen LogP contribution in [0.25, 0.3) is 0 Å². The minimum absolute atomic E-state index is 0.00954. The van der Waals surface area contributed by atoms with Gasteiger partial charge in [0.25, 0.3) is 0 Å². The van der Waals surface area contributed by atoms with Gasteiger partial charge >= 0.3 is 0 Å². The smallest absolute Gasteiger partial charge is 0.224 e. The molecule has 96 valence electrons. The predicted molar refractivity (Wildman–Crippen MR) is 69.2 cm³/mol. The summed E-state index contributed by atoms with van der Waals surface area (Å²) in [6.45, 7) is 2.08. The van der Waals surface area contributed by atoms with E-state index < -0.39 is 0 Å². The van der Waals surface area contributed by atoms with Crippen LogP contribution < -0.4 is 10.6 Å². The van der Waals surface area contributed by atoms with Crippen molar-refractivity contribution in [3.63, 3.8) is 0 Å². The Balaban J connectivity index is 1.85. The molecule has 1 heterocycles. The molecular weight excluding hydrogens is 231 g/mol. The van der Waals surface area contributed by atoms with E-state index in [0.717, 1.165) is 11.3 Å². The predicted octanol–water partition coefficient (Wildman–Crippen LogP) is 2.92. The van der Waals surface area contributed by atoms with Crippen LogP contribution in [-0.2, 0) is 11.2 Å². The molecule has 1 atom stereocenters. The first-order chi connectivity index (χ1) is 8.63. The monoisotopic (exact) mass is 248 g/mol. The Morgan fingerprint density at radius 1 is 1.39 bits per heavy atom. The summed E-state index contributed by atoms with van der Waals surface area (Å²) in [4.78, 5) is 11.3. The molecule has 0 saturated heterocycles. The standard InChI is InChI=1S/C14H17FN2O/c1-8(9-2-3-9)16-13-7-12-10(6-11(13)15)4-5-14(18)17-12/h6-9,16H,2-5H2,1H3,(H,17,18). The van der Waals surface area contributed by atoms with Gasteiger partial charge in [0.2, 0.25) is 5.91 Å². The van der Waals surface area contributed by atoms with Crippen molar-refractivity contribution in [3.8, 4) is 0 Å². The van der Waals surface area contributed by atoms with Crippen LogP contribution in [0, 0.1) is 11.7 Å². The molecular formula is C14H17FN2O. The number of rotatable bonds is 3. The van der Waals surface area contributed by atoms with Gasteiger partial charge in [0.05, 0.1) is 5.69 Å². The number of benzene rings is 1. The number of amides is 1. The number of nitrogens with one attached hydrogen (secondary N) is 2. The lowest BCUT2D eigenvalue weighted by Gasteiger charge is -2.21. The summed E-state index contributed by atoms with van der Waals surface area (Å²) in [5, 5.41) is 6.01. The minimum Gasteiger partial charge on any atom is -0.380 e. The third kappa shape index (κ3) is 2.19. The van der Waals surface area contributed by atoms with E-state index in [4.69, 9.17) is 0 Å². The first-order valence-corrected chi connectivity index (χ1v) is 6.52. The third-order valence-corrected chi connectivity index (χ3v) is 3.80. The lowest BCUT2D eigenvalue weighted by Crippen LogP contribution is -2.21. The van der Waals surface area contributed by atoms with Gasteiger partial charge in [-0.25, -0.2) is 4.39 Å². The molecule has 3 rings (SSSR count). The van der Waals surface area contributed by atoms with E-state index in [1.807, 2.05) is 0 Å². The van der Waals surface area contributed by atoms with Crippen molar-refractivity contribution in [3.05, 3.63) is 23.5 Å². The summed E-state index contributed by atoms with van der Waals surface area (Å²) < 4.78 is 13.9. The quantitative estimate of drug-likeness (QED) is 0.863. The SMILES string of the molecule is CC(Nc1cc2c(cc1F)CCC(=O)N2)C1CC1.